The molecule has 0 spiro atoms. The number of aromatic nitrogens is 3. The summed E-state index contributed by atoms with van der Waals surface area (Å²) in [5.41, 5.74) is -0.0526. The molecule has 0 bridgehead atoms. The summed E-state index contributed by atoms with van der Waals surface area (Å²) in [6, 6.07) is 2.43. The number of ether oxygens (including phenoxy) is 1. The fraction of sp³-hybridized carbons (Fsp3) is 0.316. The van der Waals surface area contributed by atoms with Crippen LogP contribution in [0.5, 0.6) is 0 Å². The first-order valence-corrected chi connectivity index (χ1v) is 10.2. The molecule has 0 radical (unpaired) electrons. The van der Waals surface area contributed by atoms with E-state index in [1.165, 1.54) is 30.5 Å². The number of rotatable bonds is 8. The van der Waals surface area contributed by atoms with Crippen LogP contribution in [0.2, 0.25) is 0 Å². The summed E-state index contributed by atoms with van der Waals surface area (Å²) >= 11 is 1.29. The first-order chi connectivity index (χ1) is 14.1. The Labute approximate surface area is 169 Å². The quantitative estimate of drug-likeness (QED) is 0.291. The van der Waals surface area contributed by atoms with Crippen molar-refractivity contribution in [3.8, 4) is 0 Å². The number of anilines is 2. The predicted octanol–water partition coefficient (Wildman–Crippen LogP) is 3.75. The zero-order valence-corrected chi connectivity index (χ0v) is 16.4. The third-order valence-electron chi connectivity index (χ3n) is 4.50. The topological polar surface area (TPSA) is 91.9 Å². The van der Waals surface area contributed by atoms with E-state index >= 15 is 0 Å². The van der Waals surface area contributed by atoms with E-state index in [0.29, 0.717) is 30.1 Å². The third kappa shape index (κ3) is 3.77. The number of nitrogens with one attached hydrogen (secondary N) is 3. The molecule has 152 valence electrons. The molecule has 1 aliphatic rings. The number of aromatic amines is 1. The molecular formula is C19H19F2N5O2S. The molecule has 0 saturated carbocycles. The SMILES string of the molecule is CCCSNc1ccc(F)c(C(=O)c2c[nH]c3ncnc(NC4COC4)c23)c1F. The Bertz CT molecular complexity index is 1050. The van der Waals surface area contributed by atoms with Crippen molar-refractivity contribution in [2.45, 2.75) is 19.4 Å². The third-order valence-corrected chi connectivity index (χ3v) is 5.48. The van der Waals surface area contributed by atoms with Gasteiger partial charge in [-0.05, 0) is 18.6 Å². The van der Waals surface area contributed by atoms with Gasteiger partial charge in [-0.1, -0.05) is 18.9 Å². The second kappa shape index (κ2) is 8.34. The van der Waals surface area contributed by atoms with Crippen LogP contribution in [0.3, 0.4) is 0 Å². The summed E-state index contributed by atoms with van der Waals surface area (Å²) in [5, 5.41) is 3.57. The van der Waals surface area contributed by atoms with Crippen LogP contribution >= 0.6 is 11.9 Å². The molecule has 4 rings (SSSR count). The molecule has 0 unspecified atom stereocenters. The smallest absolute Gasteiger partial charge is 0.201 e. The van der Waals surface area contributed by atoms with Gasteiger partial charge in [0.15, 0.2) is 5.82 Å². The fourth-order valence-corrected chi connectivity index (χ4v) is 3.59. The number of nitrogens with zero attached hydrogens (tertiary/aromatic N) is 2. The highest BCUT2D eigenvalue weighted by Crippen LogP contribution is 2.30. The molecule has 1 saturated heterocycles. The molecule has 2 aromatic heterocycles. The number of H-pyrrole nitrogens is 1. The van der Waals surface area contributed by atoms with E-state index in [-0.39, 0.29) is 17.3 Å². The van der Waals surface area contributed by atoms with Crippen molar-refractivity contribution in [3.05, 3.63) is 47.4 Å². The van der Waals surface area contributed by atoms with E-state index in [1.54, 1.807) is 0 Å². The Morgan fingerprint density at radius 3 is 2.90 bits per heavy atom. The van der Waals surface area contributed by atoms with Crippen LogP contribution in [0.25, 0.3) is 11.0 Å². The zero-order chi connectivity index (χ0) is 20.4. The minimum absolute atomic E-state index is 0.0579. The summed E-state index contributed by atoms with van der Waals surface area (Å²) in [6.07, 6.45) is 3.64. The molecule has 0 aliphatic carbocycles. The van der Waals surface area contributed by atoms with Crippen molar-refractivity contribution < 1.29 is 18.3 Å². The largest absolute Gasteiger partial charge is 0.377 e. The van der Waals surface area contributed by atoms with Crippen molar-refractivity contribution in [1.29, 1.82) is 0 Å². The molecule has 3 heterocycles. The van der Waals surface area contributed by atoms with E-state index in [0.717, 1.165) is 18.2 Å². The number of fused-ring (bicyclic) bond motifs is 1. The van der Waals surface area contributed by atoms with Gasteiger partial charge in [0.05, 0.1) is 41.5 Å². The van der Waals surface area contributed by atoms with Crippen molar-refractivity contribution >= 4 is 40.3 Å². The molecule has 1 fully saturated rings. The first kappa shape index (κ1) is 19.6. The lowest BCUT2D eigenvalue weighted by Gasteiger charge is -2.27. The minimum atomic E-state index is -0.924. The Morgan fingerprint density at radius 2 is 2.17 bits per heavy atom. The number of carbonyl (C=O) groups excluding carboxylic acids is 1. The van der Waals surface area contributed by atoms with Crippen molar-refractivity contribution in [2.24, 2.45) is 0 Å². The lowest BCUT2D eigenvalue weighted by Crippen LogP contribution is -2.40. The number of carbonyl (C=O) groups is 1. The normalized spacial score (nSPS) is 14.0. The highest BCUT2D eigenvalue weighted by Gasteiger charge is 2.27. The van der Waals surface area contributed by atoms with Gasteiger partial charge in [0.25, 0.3) is 0 Å². The van der Waals surface area contributed by atoms with Crippen LogP contribution in [-0.4, -0.2) is 45.7 Å². The Kier molecular flexibility index (Phi) is 5.63. The minimum Gasteiger partial charge on any atom is -0.377 e. The highest BCUT2D eigenvalue weighted by molar-refractivity contribution is 8.00. The number of hydrogen-bond donors (Lipinski definition) is 3. The molecule has 1 aromatic carbocycles. The van der Waals surface area contributed by atoms with Crippen LogP contribution in [0.1, 0.15) is 29.3 Å². The van der Waals surface area contributed by atoms with E-state index in [2.05, 4.69) is 25.0 Å². The number of benzene rings is 1. The second-order valence-electron chi connectivity index (χ2n) is 6.59. The second-order valence-corrected chi connectivity index (χ2v) is 7.49. The van der Waals surface area contributed by atoms with Crippen LogP contribution in [0, 0.1) is 11.6 Å². The summed E-state index contributed by atoms with van der Waals surface area (Å²) in [7, 11) is 0. The molecule has 7 nitrogen and oxygen atoms in total. The van der Waals surface area contributed by atoms with Gasteiger partial charge in [0.2, 0.25) is 5.78 Å². The molecule has 0 amide bonds. The number of ketones is 1. The van der Waals surface area contributed by atoms with Crippen LogP contribution in [0.4, 0.5) is 20.3 Å². The maximum Gasteiger partial charge on any atom is 0.201 e. The van der Waals surface area contributed by atoms with Crippen LogP contribution in [-0.2, 0) is 4.74 Å². The van der Waals surface area contributed by atoms with Crippen LogP contribution in [0.15, 0.2) is 24.7 Å². The lowest BCUT2D eigenvalue weighted by atomic mass is 10.0. The maximum atomic E-state index is 15.0. The average Bonchev–Trinajstić information content (AvgIpc) is 3.11. The van der Waals surface area contributed by atoms with Gasteiger partial charge >= 0.3 is 0 Å². The van der Waals surface area contributed by atoms with Crippen molar-refractivity contribution in [3.63, 3.8) is 0 Å². The van der Waals surface area contributed by atoms with E-state index in [1.807, 2.05) is 6.92 Å². The van der Waals surface area contributed by atoms with Gasteiger partial charge < -0.3 is 19.8 Å². The Morgan fingerprint density at radius 1 is 1.34 bits per heavy atom. The molecule has 3 N–H and O–H groups in total. The molecule has 3 aromatic rings. The molecular weight excluding hydrogens is 400 g/mol. The van der Waals surface area contributed by atoms with Crippen molar-refractivity contribution in [2.75, 3.05) is 29.0 Å². The van der Waals surface area contributed by atoms with Crippen LogP contribution < -0.4 is 10.0 Å². The number of halogens is 2. The zero-order valence-electron chi connectivity index (χ0n) is 15.6. The molecule has 10 heteroatoms. The Balaban J connectivity index is 1.73. The fourth-order valence-electron chi connectivity index (χ4n) is 2.97. The molecule has 29 heavy (non-hydrogen) atoms. The van der Waals surface area contributed by atoms with E-state index in [4.69, 9.17) is 4.74 Å². The Hall–Kier alpha value is -2.72. The monoisotopic (exact) mass is 419 g/mol. The summed E-state index contributed by atoms with van der Waals surface area (Å²) in [6.45, 7) is 3.03. The van der Waals surface area contributed by atoms with Gasteiger partial charge in [-0.25, -0.2) is 18.7 Å². The molecule has 1 aliphatic heterocycles. The lowest BCUT2D eigenvalue weighted by molar-refractivity contribution is 0.0210. The standard InChI is InChI=1S/C19H19F2N5O2S/c1-2-5-29-26-13-4-3-12(20)15(16(13)21)17(27)11-6-22-18-14(11)19(24-9-23-18)25-10-7-28-8-10/h3-4,6,9-10,26H,2,5,7-8H2,1H3,(H2,22,23,24,25). The predicted molar refractivity (Wildman–Crippen MR) is 108 cm³/mol. The van der Waals surface area contributed by atoms with Crippen molar-refractivity contribution in [1.82, 2.24) is 15.0 Å². The highest BCUT2D eigenvalue weighted by atomic mass is 32.2. The maximum absolute atomic E-state index is 15.0. The first-order valence-electron chi connectivity index (χ1n) is 9.17. The van der Waals surface area contributed by atoms with Gasteiger partial charge in [0.1, 0.15) is 23.6 Å². The van der Waals surface area contributed by atoms with Gasteiger partial charge in [0, 0.05) is 11.9 Å². The van der Waals surface area contributed by atoms with Gasteiger partial charge in [-0.2, -0.15) is 0 Å². The number of hydrogen-bond acceptors (Lipinski definition) is 7. The summed E-state index contributed by atoms with van der Waals surface area (Å²) in [4.78, 5) is 24.3. The van der Waals surface area contributed by atoms with Gasteiger partial charge in [-0.15, -0.1) is 0 Å². The summed E-state index contributed by atoms with van der Waals surface area (Å²) in [5.74, 6) is -1.46. The average molecular weight is 419 g/mol. The molecule has 0 atom stereocenters. The van der Waals surface area contributed by atoms with E-state index in [9.17, 15) is 13.6 Å². The van der Waals surface area contributed by atoms with Gasteiger partial charge in [-0.3, -0.25) is 4.79 Å². The summed E-state index contributed by atoms with van der Waals surface area (Å²) < 4.78 is 37.4. The van der Waals surface area contributed by atoms with E-state index < -0.39 is 23.0 Å².